The van der Waals surface area contributed by atoms with Crippen LogP contribution < -0.4 is 45.5 Å². The molecule has 0 bridgehead atoms. The molecule has 8 rings (SSSR count). The van der Waals surface area contributed by atoms with Gasteiger partial charge in [-0.2, -0.15) is 29.0 Å². The largest absolute Gasteiger partial charge is 0.492 e. The molecule has 18 nitrogen and oxygen atoms in total. The summed E-state index contributed by atoms with van der Waals surface area (Å²) >= 11 is 0. The molecular weight excluding hydrogens is 1130 g/mol. The van der Waals surface area contributed by atoms with Crippen LogP contribution in [0, 0.1) is 59.7 Å². The van der Waals surface area contributed by atoms with Crippen molar-refractivity contribution in [2.24, 2.45) is 11.8 Å². The number of aromatic nitrogens is 2. The zero-order valence-electron chi connectivity index (χ0n) is 50.7. The Kier molecular flexibility index (Phi) is 22.3. The number of carbonyl (C=O) groups is 2. The van der Waals surface area contributed by atoms with Crippen LogP contribution in [-0.4, -0.2) is 85.6 Å². The fraction of sp³-hybridized carbons (Fsp3) is 0.388. The first-order chi connectivity index (χ1) is 42.4. The Morgan fingerprint density at radius 1 is 0.727 bits per heavy atom. The molecule has 5 N–H and O–H groups in total. The van der Waals surface area contributed by atoms with Gasteiger partial charge in [-0.25, -0.2) is 0 Å². The van der Waals surface area contributed by atoms with Gasteiger partial charge in [-0.1, -0.05) is 24.3 Å². The number of ether oxygens (including phenoxy) is 4. The fourth-order valence-corrected chi connectivity index (χ4v) is 10.7. The number of benzene rings is 4. The topological polar surface area (TPSA) is 235 Å². The van der Waals surface area contributed by atoms with Crippen molar-refractivity contribution in [3.63, 3.8) is 0 Å². The van der Waals surface area contributed by atoms with E-state index < -0.39 is 35.7 Å². The first-order valence-corrected chi connectivity index (χ1v) is 29.5. The van der Waals surface area contributed by atoms with Gasteiger partial charge >= 0.3 is 6.18 Å². The molecule has 2 aromatic heterocycles. The third-order valence-electron chi connectivity index (χ3n) is 15.3. The molecule has 1 aliphatic heterocycles. The first kappa shape index (κ1) is 64.6. The molecule has 4 unspecified atom stereocenters. The summed E-state index contributed by atoms with van der Waals surface area (Å²) < 4.78 is 68.4. The van der Waals surface area contributed by atoms with Gasteiger partial charge in [-0.15, -0.1) is 0 Å². The van der Waals surface area contributed by atoms with Gasteiger partial charge < -0.3 is 55.3 Å². The summed E-state index contributed by atoms with van der Waals surface area (Å²) in [4.78, 5) is 39.8. The molecule has 4 aromatic carbocycles. The van der Waals surface area contributed by atoms with Gasteiger partial charge in [0.15, 0.2) is 0 Å². The maximum absolute atomic E-state index is 14.8. The van der Waals surface area contributed by atoms with Crippen LogP contribution in [0.25, 0.3) is 6.08 Å². The highest BCUT2D eigenvalue weighted by Gasteiger charge is 2.37. The lowest BCUT2D eigenvalue weighted by Crippen LogP contribution is -2.31. The van der Waals surface area contributed by atoms with E-state index in [1.165, 1.54) is 12.1 Å². The molecule has 0 saturated carbocycles. The van der Waals surface area contributed by atoms with Gasteiger partial charge in [-0.05, 0) is 176 Å². The monoisotopic (exact) mass is 1200 g/mol. The van der Waals surface area contributed by atoms with E-state index in [2.05, 4.69) is 54.7 Å². The fourth-order valence-electron chi connectivity index (χ4n) is 10.7. The molecule has 0 saturated heterocycles. The molecule has 88 heavy (non-hydrogen) atoms. The van der Waals surface area contributed by atoms with Crippen LogP contribution in [0.1, 0.15) is 120 Å². The Morgan fingerprint density at radius 2 is 1.41 bits per heavy atom. The number of anilines is 5. The first-order valence-electron chi connectivity index (χ1n) is 29.5. The van der Waals surface area contributed by atoms with E-state index >= 15 is 0 Å². The van der Waals surface area contributed by atoms with Gasteiger partial charge in [0.05, 0.1) is 83.2 Å². The predicted molar refractivity (Wildman–Crippen MR) is 333 cm³/mol. The number of pyridine rings is 2. The van der Waals surface area contributed by atoms with Crippen molar-refractivity contribution in [2.75, 3.05) is 80.6 Å². The second kappa shape index (κ2) is 30.3. The average molecular weight is 1200 g/mol. The van der Waals surface area contributed by atoms with Crippen LogP contribution in [0.15, 0.2) is 97.3 Å². The van der Waals surface area contributed by atoms with Crippen LogP contribution in [0.5, 0.6) is 23.0 Å². The molecule has 460 valence electrons. The van der Waals surface area contributed by atoms with E-state index in [0.29, 0.717) is 115 Å². The average Bonchev–Trinajstić information content (AvgIpc) is 1.42. The lowest BCUT2D eigenvalue weighted by atomic mass is 9.84. The Hall–Kier alpha value is -9.36. The van der Waals surface area contributed by atoms with Gasteiger partial charge in [0.1, 0.15) is 42.3 Å². The molecule has 6 aromatic rings. The lowest BCUT2D eigenvalue weighted by molar-refractivity contribution is -0.137. The third-order valence-corrected chi connectivity index (χ3v) is 15.3. The normalized spacial score (nSPS) is 16.4. The maximum Gasteiger partial charge on any atom is 0.418 e. The predicted octanol–water partition coefficient (Wildman–Crippen LogP) is 12.9. The zero-order chi connectivity index (χ0) is 62.9. The zero-order valence-corrected chi connectivity index (χ0v) is 50.7. The second-order valence-electron chi connectivity index (χ2n) is 22.2. The number of fused-ring (bicyclic) bond motifs is 2. The van der Waals surface area contributed by atoms with E-state index in [1.54, 1.807) is 48.8 Å². The Bertz CT molecular complexity index is 3610. The number of nitrogens with one attached hydrogen (secondary N) is 5. The number of carbonyl (C=O) groups excluding carboxylic acids is 2. The molecule has 21 heteroatoms. The van der Waals surface area contributed by atoms with Crippen LogP contribution in [-0.2, 0) is 35.5 Å². The Morgan fingerprint density at radius 3 is 2.08 bits per heavy atom. The SMILES string of the molecule is CCOc1cc2c(cc1NC(=O)CCCN(C)C)C(Nc1ccc(OCc3ncc(CN(C)CCCC(=O)Nc4cc5c(cc4OCC)/C=C/CCC(C#N)C5Nc4ccc(OCc5ncccc5C)cc4C(F)(F)F)cc3C)c(C#N)c1)C(C#N)CN2. The van der Waals surface area contributed by atoms with Crippen molar-refractivity contribution in [3.05, 3.63) is 153 Å². The molecular formula is C67H75F3N12O6. The molecule has 3 heterocycles. The number of hydrogen-bond acceptors (Lipinski definition) is 16. The lowest BCUT2D eigenvalue weighted by Gasteiger charge is -2.33. The van der Waals surface area contributed by atoms with E-state index in [9.17, 15) is 38.5 Å². The minimum absolute atomic E-state index is 0.0108. The summed E-state index contributed by atoms with van der Waals surface area (Å²) in [7, 11) is 5.87. The number of amides is 2. The van der Waals surface area contributed by atoms with Crippen LogP contribution in [0.2, 0.25) is 0 Å². The molecule has 2 amide bonds. The van der Waals surface area contributed by atoms with Gasteiger partial charge in [-0.3, -0.25) is 19.6 Å². The number of allylic oxidation sites excluding steroid dienone is 1. The van der Waals surface area contributed by atoms with Crippen molar-refractivity contribution in [1.82, 2.24) is 19.8 Å². The number of nitrogens with zero attached hydrogens (tertiary/aromatic N) is 7. The van der Waals surface area contributed by atoms with Crippen molar-refractivity contribution >= 4 is 46.3 Å². The summed E-state index contributed by atoms with van der Waals surface area (Å²) in [5.41, 5.74) is 7.21. The highest BCUT2D eigenvalue weighted by atomic mass is 19.4. The van der Waals surface area contributed by atoms with E-state index in [1.807, 2.05) is 90.2 Å². The number of aryl methyl sites for hydroxylation is 2. The number of nitriles is 3. The molecule has 1 aliphatic carbocycles. The minimum atomic E-state index is -4.77. The third kappa shape index (κ3) is 17.0. The van der Waals surface area contributed by atoms with Gasteiger partial charge in [0, 0.05) is 67.0 Å². The second-order valence-corrected chi connectivity index (χ2v) is 22.2. The summed E-state index contributed by atoms with van der Waals surface area (Å²) in [5, 5.41) is 47.0. The van der Waals surface area contributed by atoms with Crippen molar-refractivity contribution < 1.29 is 41.7 Å². The quantitative estimate of drug-likeness (QED) is 0.0340. The van der Waals surface area contributed by atoms with E-state index in [4.69, 9.17) is 23.9 Å². The Labute approximate surface area is 512 Å². The van der Waals surface area contributed by atoms with Crippen molar-refractivity contribution in [3.8, 4) is 41.2 Å². The van der Waals surface area contributed by atoms with Crippen molar-refractivity contribution in [1.29, 1.82) is 15.8 Å². The highest BCUT2D eigenvalue weighted by Crippen LogP contribution is 2.45. The number of halogens is 3. The molecule has 4 atom stereocenters. The molecule has 0 spiro atoms. The molecule has 0 radical (unpaired) electrons. The van der Waals surface area contributed by atoms with Crippen molar-refractivity contribution in [2.45, 2.75) is 104 Å². The summed E-state index contributed by atoms with van der Waals surface area (Å²) in [5.74, 6) is -0.388. The summed E-state index contributed by atoms with van der Waals surface area (Å²) in [6.45, 7) is 10.5. The number of hydrogen-bond donors (Lipinski definition) is 5. The minimum Gasteiger partial charge on any atom is -0.492 e. The molecule has 0 fully saturated rings. The standard InChI is InChI=1S/C67H75F3N12O6/c1-8-85-61-29-45-16-10-11-17-46(34-71)65(80-54-22-21-50(30-53(54)67(68,69)70)87-40-58-42(3)15-12-24-74-58)51(45)31-56(61)78-64(84)19-14-26-82(7)39-44-27-43(4)59(75-37-44)41-88-60-23-20-49(28-47(60)35-72)77-66-48(36-73)38-76-55-33-62(86-9-2)57(32-52(55)66)79-63(83)18-13-25-81(5)6/h10,12,15-16,20-24,27-33,37,46,48,65-66,76-77,80H,8-9,11,13-14,17-19,25-26,38-41H2,1-7H3,(H,78,84)(H,79,83)/b16-10+. The Balaban J connectivity index is 0.877. The maximum atomic E-state index is 14.8. The highest BCUT2D eigenvalue weighted by molar-refractivity contribution is 5.94. The number of rotatable bonds is 26. The van der Waals surface area contributed by atoms with Gasteiger partial charge in [0.2, 0.25) is 11.8 Å². The summed E-state index contributed by atoms with van der Waals surface area (Å²) in [6.07, 6.45) is 4.94. The smallest absolute Gasteiger partial charge is 0.418 e. The van der Waals surface area contributed by atoms with E-state index in [-0.39, 0.29) is 55.1 Å². The number of alkyl halides is 3. The van der Waals surface area contributed by atoms with Gasteiger partial charge in [0.25, 0.3) is 0 Å². The van der Waals surface area contributed by atoms with Crippen LogP contribution in [0.3, 0.4) is 0 Å². The molecule has 2 aliphatic rings. The van der Waals surface area contributed by atoms with Crippen LogP contribution in [0.4, 0.5) is 41.6 Å². The summed E-state index contributed by atoms with van der Waals surface area (Å²) in [6, 6.07) is 27.3. The van der Waals surface area contributed by atoms with E-state index in [0.717, 1.165) is 40.6 Å². The van der Waals surface area contributed by atoms with Crippen LogP contribution >= 0.6 is 0 Å².